The zero-order valence-electron chi connectivity index (χ0n) is 8.13. The van der Waals surface area contributed by atoms with Crippen LogP contribution in [0.3, 0.4) is 0 Å². The van der Waals surface area contributed by atoms with Gasteiger partial charge < -0.3 is 14.6 Å². The third-order valence-electron chi connectivity index (χ3n) is 4.24. The molecule has 0 amide bonds. The summed E-state index contributed by atoms with van der Waals surface area (Å²) in [5.74, 6) is 2.09. The van der Waals surface area contributed by atoms with Crippen LogP contribution in [0, 0.1) is 23.7 Å². The first-order valence-corrected chi connectivity index (χ1v) is 5.37. The minimum Gasteiger partial charge on any atom is -0.498 e. The lowest BCUT2D eigenvalue weighted by molar-refractivity contribution is -0.0932. The van der Waals surface area contributed by atoms with E-state index in [1.807, 2.05) is 0 Å². The summed E-state index contributed by atoms with van der Waals surface area (Å²) in [6.45, 7) is 4.32. The van der Waals surface area contributed by atoms with Crippen molar-refractivity contribution in [2.45, 2.75) is 25.2 Å². The summed E-state index contributed by atoms with van der Waals surface area (Å²) in [5.41, 5.74) is 0. The second-order valence-corrected chi connectivity index (χ2v) is 4.70. The van der Waals surface area contributed by atoms with Gasteiger partial charge in [0.25, 0.3) is 0 Å². The molecule has 6 atom stereocenters. The number of aliphatic hydroxyl groups is 1. The van der Waals surface area contributed by atoms with Crippen molar-refractivity contribution in [1.82, 2.24) is 0 Å². The quantitative estimate of drug-likeness (QED) is 0.673. The molecule has 0 radical (unpaired) electrons. The van der Waals surface area contributed by atoms with Gasteiger partial charge in [-0.1, -0.05) is 6.58 Å². The second-order valence-electron chi connectivity index (χ2n) is 4.70. The van der Waals surface area contributed by atoms with Crippen molar-refractivity contribution in [3.63, 3.8) is 0 Å². The molecule has 5 unspecified atom stereocenters. The number of hydrogen-bond acceptors (Lipinski definition) is 3. The van der Waals surface area contributed by atoms with Crippen LogP contribution in [0.15, 0.2) is 12.8 Å². The summed E-state index contributed by atoms with van der Waals surface area (Å²) in [4.78, 5) is 0. The summed E-state index contributed by atoms with van der Waals surface area (Å²) in [5, 5.41) is 9.65. The van der Waals surface area contributed by atoms with Crippen molar-refractivity contribution in [2.75, 3.05) is 6.61 Å². The largest absolute Gasteiger partial charge is 0.498 e. The highest BCUT2D eigenvalue weighted by Gasteiger charge is 2.58. The van der Waals surface area contributed by atoms with Crippen molar-refractivity contribution in [3.8, 4) is 0 Å². The molecule has 2 bridgehead atoms. The number of aliphatic hydroxyl groups excluding tert-OH is 1. The van der Waals surface area contributed by atoms with Crippen LogP contribution in [0.25, 0.3) is 0 Å². The Kier molecular flexibility index (Phi) is 1.86. The molecule has 1 N–H and O–H groups in total. The number of ether oxygens (including phenoxy) is 2. The van der Waals surface area contributed by atoms with Gasteiger partial charge in [-0.2, -0.15) is 0 Å². The van der Waals surface area contributed by atoms with Gasteiger partial charge in [0.15, 0.2) is 6.29 Å². The van der Waals surface area contributed by atoms with Crippen LogP contribution in [0.1, 0.15) is 12.8 Å². The van der Waals surface area contributed by atoms with E-state index in [2.05, 4.69) is 6.58 Å². The van der Waals surface area contributed by atoms with Crippen molar-refractivity contribution >= 4 is 0 Å². The van der Waals surface area contributed by atoms with E-state index in [9.17, 15) is 5.11 Å². The summed E-state index contributed by atoms with van der Waals surface area (Å²) in [7, 11) is 0. The fourth-order valence-corrected chi connectivity index (χ4v) is 3.75. The van der Waals surface area contributed by atoms with Gasteiger partial charge in [0.1, 0.15) is 6.10 Å². The average molecular weight is 196 g/mol. The van der Waals surface area contributed by atoms with Gasteiger partial charge >= 0.3 is 0 Å². The Morgan fingerprint density at radius 2 is 2.21 bits per heavy atom. The highest BCUT2D eigenvalue weighted by atomic mass is 16.6. The van der Waals surface area contributed by atoms with E-state index in [1.54, 1.807) is 6.26 Å². The van der Waals surface area contributed by atoms with Crippen molar-refractivity contribution in [2.24, 2.45) is 23.7 Å². The van der Waals surface area contributed by atoms with Crippen LogP contribution >= 0.6 is 0 Å². The highest BCUT2D eigenvalue weighted by molar-refractivity contribution is 5.04. The molecule has 1 aliphatic heterocycles. The highest BCUT2D eigenvalue weighted by Crippen LogP contribution is 2.57. The van der Waals surface area contributed by atoms with E-state index < -0.39 is 6.29 Å². The fraction of sp³-hybridized carbons (Fsp3) is 0.818. The summed E-state index contributed by atoms with van der Waals surface area (Å²) < 4.78 is 10.8. The third-order valence-corrected chi connectivity index (χ3v) is 4.24. The van der Waals surface area contributed by atoms with Crippen LogP contribution in [0.5, 0.6) is 0 Å². The molecule has 3 aliphatic rings. The molecule has 14 heavy (non-hydrogen) atoms. The molecule has 1 saturated heterocycles. The Balaban J connectivity index is 1.78. The van der Waals surface area contributed by atoms with Gasteiger partial charge in [-0.15, -0.1) is 0 Å². The smallest absolute Gasteiger partial charge is 0.157 e. The van der Waals surface area contributed by atoms with E-state index in [4.69, 9.17) is 9.47 Å². The lowest BCUT2D eigenvalue weighted by Gasteiger charge is -2.30. The zero-order valence-corrected chi connectivity index (χ0v) is 8.13. The molecular formula is C11H16O3. The fourth-order valence-electron chi connectivity index (χ4n) is 3.75. The number of hydrogen-bond donors (Lipinski definition) is 1. The molecule has 0 aromatic heterocycles. The molecule has 1 heterocycles. The molecule has 78 valence electrons. The Bertz CT molecular complexity index is 253. The molecule has 3 nitrogen and oxygen atoms in total. The summed E-state index contributed by atoms with van der Waals surface area (Å²) >= 11 is 0. The Morgan fingerprint density at radius 1 is 1.36 bits per heavy atom. The van der Waals surface area contributed by atoms with Crippen LogP contribution in [-0.2, 0) is 9.47 Å². The molecule has 3 rings (SSSR count). The summed E-state index contributed by atoms with van der Waals surface area (Å²) in [6.07, 6.45) is 3.63. The van der Waals surface area contributed by atoms with Crippen LogP contribution in [0.2, 0.25) is 0 Å². The van der Waals surface area contributed by atoms with E-state index in [0.29, 0.717) is 36.4 Å². The lowest BCUT2D eigenvalue weighted by Crippen LogP contribution is -2.33. The van der Waals surface area contributed by atoms with Gasteiger partial charge in [0.05, 0.1) is 12.9 Å². The maximum Gasteiger partial charge on any atom is 0.157 e. The summed E-state index contributed by atoms with van der Waals surface area (Å²) in [6, 6.07) is 0. The molecule has 3 heteroatoms. The molecule has 3 fully saturated rings. The SMILES string of the molecule is C=COC1CC2CC1C1CO[C@H](O)C21. The Morgan fingerprint density at radius 3 is 3.00 bits per heavy atom. The first-order chi connectivity index (χ1) is 6.81. The average Bonchev–Trinajstić information content (AvgIpc) is 2.78. The number of fused-ring (bicyclic) bond motifs is 5. The van der Waals surface area contributed by atoms with E-state index in [-0.39, 0.29) is 0 Å². The van der Waals surface area contributed by atoms with E-state index >= 15 is 0 Å². The Labute approximate surface area is 83.7 Å². The molecule has 2 saturated carbocycles. The minimum atomic E-state index is -0.514. The normalized spacial score (nSPS) is 54.6. The molecule has 0 aromatic carbocycles. The van der Waals surface area contributed by atoms with Gasteiger partial charge in [0, 0.05) is 11.8 Å². The Hall–Kier alpha value is -0.540. The first kappa shape index (κ1) is 8.74. The molecule has 0 aromatic rings. The van der Waals surface area contributed by atoms with Gasteiger partial charge in [-0.25, -0.2) is 0 Å². The van der Waals surface area contributed by atoms with Crippen molar-refractivity contribution < 1.29 is 14.6 Å². The maximum absolute atomic E-state index is 9.65. The van der Waals surface area contributed by atoms with Gasteiger partial charge in [-0.3, -0.25) is 0 Å². The first-order valence-electron chi connectivity index (χ1n) is 5.37. The van der Waals surface area contributed by atoms with Gasteiger partial charge in [0.2, 0.25) is 0 Å². The van der Waals surface area contributed by atoms with E-state index in [0.717, 1.165) is 6.42 Å². The zero-order chi connectivity index (χ0) is 9.71. The van der Waals surface area contributed by atoms with Crippen molar-refractivity contribution in [3.05, 3.63) is 12.8 Å². The third kappa shape index (κ3) is 0.997. The van der Waals surface area contributed by atoms with Crippen LogP contribution in [-0.4, -0.2) is 24.1 Å². The monoisotopic (exact) mass is 196 g/mol. The lowest BCUT2D eigenvalue weighted by atomic mass is 9.79. The molecule has 2 aliphatic carbocycles. The minimum absolute atomic E-state index is 0.327. The van der Waals surface area contributed by atoms with Crippen LogP contribution < -0.4 is 0 Å². The van der Waals surface area contributed by atoms with Crippen LogP contribution in [0.4, 0.5) is 0 Å². The molecular weight excluding hydrogens is 180 g/mol. The van der Waals surface area contributed by atoms with Gasteiger partial charge in [-0.05, 0) is 24.7 Å². The van der Waals surface area contributed by atoms with Crippen molar-refractivity contribution in [1.29, 1.82) is 0 Å². The standard InChI is InChI=1S/C11H16O3/c1-2-13-9-4-6-3-7(9)8-5-14-11(12)10(6)8/h2,6-12H,1,3-5H2/t6?,7?,8?,9?,10?,11-/m0/s1. The predicted molar refractivity (Wildman–Crippen MR) is 50.2 cm³/mol. The number of rotatable bonds is 2. The predicted octanol–water partition coefficient (Wildman–Crippen LogP) is 1.14. The molecule has 0 spiro atoms. The second kappa shape index (κ2) is 2.97. The maximum atomic E-state index is 9.65. The van der Waals surface area contributed by atoms with E-state index in [1.165, 1.54) is 6.42 Å². The topological polar surface area (TPSA) is 38.7 Å².